The molecule has 3 rings (SSSR count). The van der Waals surface area contributed by atoms with Crippen molar-refractivity contribution < 1.29 is 23.8 Å². The summed E-state index contributed by atoms with van der Waals surface area (Å²) in [5, 5.41) is 0.365. The third-order valence-electron chi connectivity index (χ3n) is 4.65. The van der Waals surface area contributed by atoms with Crippen molar-refractivity contribution >= 4 is 29.2 Å². The van der Waals surface area contributed by atoms with E-state index in [1.165, 1.54) is 7.11 Å². The van der Waals surface area contributed by atoms with E-state index in [0.717, 1.165) is 18.5 Å². The standard InChI is InChI=1S/C23H26ClNO5/c1-14(2)29-19-9-17(23(27)28-4)10-20(12-19)30-22-8-7-18(11-21(22)24)25(15(3)26)13-16-5-6-16/h7-12,14,16H,5-6,13H2,1-4H3. The average Bonchev–Trinajstić information content (AvgIpc) is 3.50. The van der Waals surface area contributed by atoms with Crippen molar-refractivity contribution in [2.75, 3.05) is 18.6 Å². The Bertz CT molecular complexity index is 939. The van der Waals surface area contributed by atoms with Gasteiger partial charge in [0.15, 0.2) is 0 Å². The van der Waals surface area contributed by atoms with Crippen molar-refractivity contribution in [3.05, 3.63) is 47.0 Å². The number of hydrogen-bond donors (Lipinski definition) is 0. The molecule has 6 nitrogen and oxygen atoms in total. The molecule has 1 fully saturated rings. The third-order valence-corrected chi connectivity index (χ3v) is 4.94. The van der Waals surface area contributed by atoms with Gasteiger partial charge in [0.05, 0.1) is 23.8 Å². The summed E-state index contributed by atoms with van der Waals surface area (Å²) in [5.74, 6) is 1.34. The van der Waals surface area contributed by atoms with Crippen LogP contribution in [-0.4, -0.2) is 31.6 Å². The molecule has 0 aliphatic heterocycles. The summed E-state index contributed by atoms with van der Waals surface area (Å²) in [4.78, 5) is 25.8. The molecule has 1 saturated carbocycles. The van der Waals surface area contributed by atoms with Crippen molar-refractivity contribution in [2.45, 2.75) is 39.7 Å². The monoisotopic (exact) mass is 431 g/mol. The molecule has 1 aliphatic rings. The number of benzene rings is 2. The van der Waals surface area contributed by atoms with Crippen LogP contribution in [-0.2, 0) is 9.53 Å². The maximum atomic E-state index is 12.0. The van der Waals surface area contributed by atoms with Gasteiger partial charge in [-0.1, -0.05) is 11.6 Å². The minimum atomic E-state index is -0.493. The highest BCUT2D eigenvalue weighted by Gasteiger charge is 2.26. The number of ether oxygens (including phenoxy) is 3. The Morgan fingerprint density at radius 1 is 1.13 bits per heavy atom. The second-order valence-electron chi connectivity index (χ2n) is 7.64. The maximum Gasteiger partial charge on any atom is 0.338 e. The van der Waals surface area contributed by atoms with Gasteiger partial charge in [0, 0.05) is 25.2 Å². The van der Waals surface area contributed by atoms with E-state index >= 15 is 0 Å². The van der Waals surface area contributed by atoms with Gasteiger partial charge in [0.1, 0.15) is 17.2 Å². The summed E-state index contributed by atoms with van der Waals surface area (Å²) in [6, 6.07) is 10.1. The number of carbonyl (C=O) groups is 2. The van der Waals surface area contributed by atoms with Crippen molar-refractivity contribution in [1.29, 1.82) is 0 Å². The zero-order valence-corrected chi connectivity index (χ0v) is 18.4. The Balaban J connectivity index is 1.86. The lowest BCUT2D eigenvalue weighted by atomic mass is 10.2. The van der Waals surface area contributed by atoms with Crippen LogP contribution in [0.15, 0.2) is 36.4 Å². The van der Waals surface area contributed by atoms with E-state index < -0.39 is 5.97 Å². The van der Waals surface area contributed by atoms with E-state index in [4.69, 9.17) is 25.8 Å². The highest BCUT2D eigenvalue weighted by atomic mass is 35.5. The number of nitrogens with zero attached hydrogens (tertiary/aromatic N) is 1. The Morgan fingerprint density at radius 3 is 2.40 bits per heavy atom. The van der Waals surface area contributed by atoms with Crippen LogP contribution in [0.3, 0.4) is 0 Å². The summed E-state index contributed by atoms with van der Waals surface area (Å²) in [7, 11) is 1.32. The van der Waals surface area contributed by atoms with Crippen LogP contribution in [0.1, 0.15) is 44.0 Å². The molecule has 0 bridgehead atoms. The molecule has 30 heavy (non-hydrogen) atoms. The van der Waals surface area contributed by atoms with Gasteiger partial charge >= 0.3 is 5.97 Å². The quantitative estimate of drug-likeness (QED) is 0.518. The second kappa shape index (κ2) is 9.39. The van der Waals surface area contributed by atoms with Crippen LogP contribution < -0.4 is 14.4 Å². The zero-order chi connectivity index (χ0) is 21.8. The van der Waals surface area contributed by atoms with Gasteiger partial charge in [-0.25, -0.2) is 4.79 Å². The smallest absolute Gasteiger partial charge is 0.338 e. The fourth-order valence-electron chi connectivity index (χ4n) is 3.05. The molecule has 0 heterocycles. The number of amides is 1. The molecule has 0 atom stereocenters. The third kappa shape index (κ3) is 5.66. The number of methoxy groups -OCH3 is 1. The predicted molar refractivity (Wildman–Crippen MR) is 116 cm³/mol. The van der Waals surface area contributed by atoms with Gasteiger partial charge in [-0.15, -0.1) is 0 Å². The maximum absolute atomic E-state index is 12.0. The lowest BCUT2D eigenvalue weighted by Gasteiger charge is -2.22. The lowest BCUT2D eigenvalue weighted by molar-refractivity contribution is -0.116. The molecule has 0 aromatic heterocycles. The largest absolute Gasteiger partial charge is 0.491 e. The number of anilines is 1. The van der Waals surface area contributed by atoms with Gasteiger partial charge in [0.25, 0.3) is 0 Å². The Hall–Kier alpha value is -2.73. The van der Waals surface area contributed by atoms with E-state index in [0.29, 0.717) is 40.3 Å². The van der Waals surface area contributed by atoms with Crippen molar-refractivity contribution in [3.8, 4) is 17.2 Å². The van der Waals surface area contributed by atoms with Gasteiger partial charge in [-0.05, 0) is 62.9 Å². The second-order valence-corrected chi connectivity index (χ2v) is 8.05. The van der Waals surface area contributed by atoms with Gasteiger partial charge in [-0.3, -0.25) is 4.79 Å². The van der Waals surface area contributed by atoms with E-state index in [2.05, 4.69) is 0 Å². The van der Waals surface area contributed by atoms with Crippen LogP contribution in [0.5, 0.6) is 17.2 Å². The summed E-state index contributed by atoms with van der Waals surface area (Å²) < 4.78 is 16.5. The van der Waals surface area contributed by atoms with Gasteiger partial charge in [0.2, 0.25) is 5.91 Å². The minimum absolute atomic E-state index is 0.0205. The van der Waals surface area contributed by atoms with Crippen LogP contribution >= 0.6 is 11.6 Å². The zero-order valence-electron chi connectivity index (χ0n) is 17.6. The highest BCUT2D eigenvalue weighted by Crippen LogP contribution is 2.37. The molecule has 160 valence electrons. The molecular formula is C23H26ClNO5. The first-order valence-electron chi connectivity index (χ1n) is 9.92. The Morgan fingerprint density at radius 2 is 1.83 bits per heavy atom. The number of esters is 1. The first-order valence-corrected chi connectivity index (χ1v) is 10.3. The normalized spacial score (nSPS) is 13.1. The molecule has 7 heteroatoms. The predicted octanol–water partition coefficient (Wildman–Crippen LogP) is 5.47. The first-order chi connectivity index (χ1) is 14.3. The summed E-state index contributed by atoms with van der Waals surface area (Å²) in [5.41, 5.74) is 1.05. The van der Waals surface area contributed by atoms with Crippen LogP contribution in [0.4, 0.5) is 5.69 Å². The van der Waals surface area contributed by atoms with Crippen molar-refractivity contribution in [3.63, 3.8) is 0 Å². The molecule has 2 aromatic carbocycles. The summed E-state index contributed by atoms with van der Waals surface area (Å²) in [6.07, 6.45) is 2.23. The van der Waals surface area contributed by atoms with E-state index in [1.54, 1.807) is 48.2 Å². The summed E-state index contributed by atoms with van der Waals surface area (Å²) in [6.45, 7) is 6.03. The summed E-state index contributed by atoms with van der Waals surface area (Å²) >= 11 is 6.45. The average molecular weight is 432 g/mol. The number of hydrogen-bond acceptors (Lipinski definition) is 5. The fourth-order valence-corrected chi connectivity index (χ4v) is 3.26. The van der Waals surface area contributed by atoms with Gasteiger partial charge < -0.3 is 19.1 Å². The van der Waals surface area contributed by atoms with Crippen LogP contribution in [0.2, 0.25) is 5.02 Å². The fraction of sp³-hybridized carbons (Fsp3) is 0.391. The van der Waals surface area contributed by atoms with Crippen molar-refractivity contribution in [2.24, 2.45) is 5.92 Å². The minimum Gasteiger partial charge on any atom is -0.491 e. The molecule has 0 unspecified atom stereocenters. The number of halogens is 1. The first kappa shape index (κ1) is 22.0. The van der Waals surface area contributed by atoms with Crippen LogP contribution in [0, 0.1) is 5.92 Å². The Labute approximate surface area is 181 Å². The molecule has 1 amide bonds. The molecule has 0 radical (unpaired) electrons. The molecule has 2 aromatic rings. The topological polar surface area (TPSA) is 65.1 Å². The van der Waals surface area contributed by atoms with Crippen molar-refractivity contribution in [1.82, 2.24) is 0 Å². The van der Waals surface area contributed by atoms with E-state index in [1.807, 2.05) is 13.8 Å². The number of rotatable bonds is 8. The van der Waals surface area contributed by atoms with Gasteiger partial charge in [-0.2, -0.15) is 0 Å². The van der Waals surface area contributed by atoms with Crippen LogP contribution in [0.25, 0.3) is 0 Å². The SMILES string of the molecule is COC(=O)c1cc(Oc2ccc(N(CC3CC3)C(C)=O)cc2Cl)cc(OC(C)C)c1. The Kier molecular flexibility index (Phi) is 6.87. The van der Waals surface area contributed by atoms with E-state index in [9.17, 15) is 9.59 Å². The molecule has 0 N–H and O–H groups in total. The molecule has 0 saturated heterocycles. The molecular weight excluding hydrogens is 406 g/mol. The van der Waals surface area contributed by atoms with E-state index in [-0.39, 0.29) is 12.0 Å². The lowest BCUT2D eigenvalue weighted by Crippen LogP contribution is -2.30. The number of carbonyl (C=O) groups excluding carboxylic acids is 2. The molecule has 1 aliphatic carbocycles. The molecule has 0 spiro atoms. The highest BCUT2D eigenvalue weighted by molar-refractivity contribution is 6.32.